The predicted octanol–water partition coefficient (Wildman–Crippen LogP) is 0.736. The van der Waals surface area contributed by atoms with Crippen LogP contribution in [0.2, 0.25) is 0 Å². The average molecular weight is 241 g/mol. The van der Waals surface area contributed by atoms with Crippen molar-refractivity contribution in [1.82, 2.24) is 0 Å². The van der Waals surface area contributed by atoms with Gasteiger partial charge in [-0.3, -0.25) is 10.1 Å². The fourth-order valence-corrected chi connectivity index (χ4v) is 1.53. The van der Waals surface area contributed by atoms with Crippen molar-refractivity contribution in [3.8, 4) is 17.2 Å². The van der Waals surface area contributed by atoms with E-state index in [0.717, 1.165) is 0 Å². The highest BCUT2D eigenvalue weighted by Crippen LogP contribution is 2.43. The molecule has 7 nitrogen and oxygen atoms in total. The highest BCUT2D eigenvalue weighted by atomic mass is 16.6. The molecule has 0 saturated heterocycles. The lowest BCUT2D eigenvalue weighted by Crippen LogP contribution is -2.32. The van der Waals surface area contributed by atoms with Crippen LogP contribution in [0.5, 0.6) is 17.2 Å². The van der Waals surface area contributed by atoms with Gasteiger partial charge in [0.15, 0.2) is 11.9 Å². The van der Waals surface area contributed by atoms with E-state index in [2.05, 4.69) is 0 Å². The summed E-state index contributed by atoms with van der Waals surface area (Å²) in [6.07, 6.45) is -0.519. The third kappa shape index (κ3) is 2.09. The van der Waals surface area contributed by atoms with Gasteiger partial charge in [-0.05, 0) is 0 Å². The molecular formula is C10H11NO6. The van der Waals surface area contributed by atoms with Gasteiger partial charge in [0.2, 0.25) is 5.75 Å². The van der Waals surface area contributed by atoms with Crippen molar-refractivity contribution < 1.29 is 24.2 Å². The van der Waals surface area contributed by atoms with E-state index in [1.165, 1.54) is 19.2 Å². The summed E-state index contributed by atoms with van der Waals surface area (Å²) in [5.41, 5.74) is -0.212. The van der Waals surface area contributed by atoms with Crippen LogP contribution in [0.4, 0.5) is 5.69 Å². The molecule has 0 amide bonds. The Balaban J connectivity index is 2.46. The quantitative estimate of drug-likeness (QED) is 0.619. The minimum absolute atomic E-state index is 0.0699. The highest BCUT2D eigenvalue weighted by Gasteiger charge is 2.29. The Labute approximate surface area is 96.7 Å². The van der Waals surface area contributed by atoms with Crippen LogP contribution in [0.1, 0.15) is 0 Å². The third-order valence-corrected chi connectivity index (χ3v) is 2.35. The topological polar surface area (TPSA) is 91.1 Å². The molecule has 17 heavy (non-hydrogen) atoms. The van der Waals surface area contributed by atoms with Crippen molar-refractivity contribution in [2.75, 3.05) is 20.3 Å². The molecule has 0 saturated carbocycles. The second-order valence-electron chi connectivity index (χ2n) is 3.46. The molecule has 0 aromatic heterocycles. The second-order valence-corrected chi connectivity index (χ2v) is 3.46. The fraction of sp³-hybridized carbons (Fsp3) is 0.400. The van der Waals surface area contributed by atoms with E-state index in [1.54, 1.807) is 0 Å². The lowest BCUT2D eigenvalue weighted by molar-refractivity contribution is -0.386. The van der Waals surface area contributed by atoms with Gasteiger partial charge in [-0.25, -0.2) is 0 Å². The number of methoxy groups -OCH3 is 1. The number of nitro groups is 1. The van der Waals surface area contributed by atoms with Gasteiger partial charge >= 0.3 is 5.69 Å². The van der Waals surface area contributed by atoms with Gasteiger partial charge in [0.05, 0.1) is 24.7 Å². The number of nitrogens with zero attached hydrogens (tertiary/aromatic N) is 1. The summed E-state index contributed by atoms with van der Waals surface area (Å²) in [5.74, 6) is 0.583. The lowest BCUT2D eigenvalue weighted by Gasteiger charge is -2.25. The van der Waals surface area contributed by atoms with Crippen LogP contribution in [0.15, 0.2) is 12.1 Å². The zero-order valence-corrected chi connectivity index (χ0v) is 9.08. The van der Waals surface area contributed by atoms with E-state index >= 15 is 0 Å². The van der Waals surface area contributed by atoms with Gasteiger partial charge in [0.25, 0.3) is 0 Å². The van der Waals surface area contributed by atoms with E-state index in [0.29, 0.717) is 5.75 Å². The number of nitro benzene ring substituents is 1. The number of aliphatic hydroxyl groups excluding tert-OH is 1. The molecule has 1 atom stereocenters. The van der Waals surface area contributed by atoms with Gasteiger partial charge in [-0.2, -0.15) is 0 Å². The molecule has 1 aliphatic rings. The number of aliphatic hydroxyl groups is 1. The van der Waals surface area contributed by atoms with Crippen molar-refractivity contribution in [3.05, 3.63) is 22.2 Å². The summed E-state index contributed by atoms with van der Waals surface area (Å²) >= 11 is 0. The molecule has 1 aromatic rings. The highest BCUT2D eigenvalue weighted by molar-refractivity contribution is 5.60. The number of rotatable bonds is 3. The maximum absolute atomic E-state index is 10.9. The van der Waals surface area contributed by atoms with E-state index < -0.39 is 11.0 Å². The molecule has 1 unspecified atom stereocenters. The molecule has 0 spiro atoms. The average Bonchev–Trinajstić information content (AvgIpc) is 2.36. The molecule has 7 heteroatoms. The zero-order valence-electron chi connectivity index (χ0n) is 9.08. The molecule has 0 fully saturated rings. The summed E-state index contributed by atoms with van der Waals surface area (Å²) in [6.45, 7) is -0.138. The first-order chi connectivity index (χ1) is 8.15. The maximum atomic E-state index is 10.9. The molecule has 92 valence electrons. The van der Waals surface area contributed by atoms with Crippen LogP contribution in [0.25, 0.3) is 0 Å². The lowest BCUT2D eigenvalue weighted by atomic mass is 10.2. The van der Waals surface area contributed by atoms with Gasteiger partial charge in [-0.1, -0.05) is 0 Å². The van der Waals surface area contributed by atoms with Gasteiger partial charge in [-0.15, -0.1) is 0 Å². The summed E-state index contributed by atoms with van der Waals surface area (Å²) in [4.78, 5) is 10.3. The molecule has 1 heterocycles. The van der Waals surface area contributed by atoms with Crippen LogP contribution in [0.3, 0.4) is 0 Å². The van der Waals surface area contributed by atoms with Crippen LogP contribution < -0.4 is 14.2 Å². The van der Waals surface area contributed by atoms with Gasteiger partial charge in [0.1, 0.15) is 12.4 Å². The number of fused-ring (bicyclic) bond motifs is 1. The van der Waals surface area contributed by atoms with Gasteiger partial charge < -0.3 is 19.3 Å². The minimum atomic E-state index is -0.565. The summed E-state index contributed by atoms with van der Waals surface area (Å²) in [5, 5.41) is 19.8. The van der Waals surface area contributed by atoms with Crippen LogP contribution in [-0.4, -0.2) is 36.5 Å². The van der Waals surface area contributed by atoms with E-state index in [-0.39, 0.29) is 30.4 Å². The smallest absolute Gasteiger partial charge is 0.318 e. The minimum Gasteiger partial charge on any atom is -0.496 e. The van der Waals surface area contributed by atoms with E-state index in [1.807, 2.05) is 0 Å². The Hall–Kier alpha value is -2.02. The van der Waals surface area contributed by atoms with Crippen molar-refractivity contribution in [3.63, 3.8) is 0 Å². The van der Waals surface area contributed by atoms with Crippen LogP contribution in [-0.2, 0) is 0 Å². The zero-order chi connectivity index (χ0) is 12.4. The monoisotopic (exact) mass is 241 g/mol. The molecule has 1 N–H and O–H groups in total. The summed E-state index contributed by atoms with van der Waals surface area (Å²) < 4.78 is 15.5. The van der Waals surface area contributed by atoms with Crippen LogP contribution >= 0.6 is 0 Å². The Morgan fingerprint density at radius 2 is 2.41 bits per heavy atom. The summed E-state index contributed by atoms with van der Waals surface area (Å²) in [7, 11) is 1.40. The standard InChI is InChI=1S/C10H11NO6/c1-15-6-2-8(11(13)14)10-9(3-6)17-7(4-12)5-16-10/h2-3,7,12H,4-5H2,1H3. The van der Waals surface area contributed by atoms with Crippen molar-refractivity contribution in [2.24, 2.45) is 0 Å². The van der Waals surface area contributed by atoms with E-state index in [9.17, 15) is 10.1 Å². The first-order valence-corrected chi connectivity index (χ1v) is 4.92. The fourth-order valence-electron chi connectivity index (χ4n) is 1.53. The first kappa shape index (κ1) is 11.5. The molecule has 1 aromatic carbocycles. The SMILES string of the molecule is COc1cc2c(c([N+](=O)[O-])c1)OCC(CO)O2. The van der Waals surface area contributed by atoms with Gasteiger partial charge in [0, 0.05) is 6.07 Å². The number of ether oxygens (including phenoxy) is 3. The molecule has 0 bridgehead atoms. The molecule has 0 radical (unpaired) electrons. The Morgan fingerprint density at radius 3 is 3.00 bits per heavy atom. The summed E-state index contributed by atoms with van der Waals surface area (Å²) in [6, 6.07) is 2.76. The van der Waals surface area contributed by atoms with E-state index in [4.69, 9.17) is 19.3 Å². The first-order valence-electron chi connectivity index (χ1n) is 4.92. The Bertz CT molecular complexity index is 447. The molecule has 0 aliphatic carbocycles. The predicted molar refractivity (Wildman–Crippen MR) is 56.6 cm³/mol. The van der Waals surface area contributed by atoms with Crippen molar-refractivity contribution in [1.29, 1.82) is 0 Å². The van der Waals surface area contributed by atoms with Crippen molar-refractivity contribution >= 4 is 5.69 Å². The third-order valence-electron chi connectivity index (χ3n) is 2.35. The number of hydrogen-bond donors (Lipinski definition) is 1. The van der Waals surface area contributed by atoms with Crippen LogP contribution in [0, 0.1) is 10.1 Å². The molecule has 2 rings (SSSR count). The second kappa shape index (κ2) is 4.46. The molecule has 1 aliphatic heterocycles. The largest absolute Gasteiger partial charge is 0.496 e. The normalized spacial score (nSPS) is 17.6. The Morgan fingerprint density at radius 1 is 1.65 bits per heavy atom. The maximum Gasteiger partial charge on any atom is 0.318 e. The molecular weight excluding hydrogens is 230 g/mol. The number of benzene rings is 1. The Kier molecular flexibility index (Phi) is 3.01. The van der Waals surface area contributed by atoms with Crippen molar-refractivity contribution in [2.45, 2.75) is 6.10 Å². The number of hydrogen-bond acceptors (Lipinski definition) is 6.